The van der Waals surface area contributed by atoms with Crippen LogP contribution in [0.15, 0.2) is 21.3 Å². The second kappa shape index (κ2) is 9.50. The second-order valence-electron chi connectivity index (χ2n) is 7.85. The van der Waals surface area contributed by atoms with Gasteiger partial charge in [0.2, 0.25) is 0 Å². The fourth-order valence-corrected chi connectivity index (χ4v) is 3.62. The van der Waals surface area contributed by atoms with E-state index in [0.717, 1.165) is 11.1 Å². The number of carbonyl (C=O) groups is 1. The molecule has 24 heavy (non-hydrogen) atoms. The van der Waals surface area contributed by atoms with Gasteiger partial charge in [-0.05, 0) is 47.2 Å². The average molecular weight is 467 g/mol. The monoisotopic (exact) mass is 467 g/mol. The highest BCUT2D eigenvalue weighted by Crippen LogP contribution is 2.39. The van der Waals surface area contributed by atoms with Crippen molar-refractivity contribution in [1.82, 2.24) is 5.06 Å². The van der Waals surface area contributed by atoms with E-state index in [1.165, 1.54) is 12.2 Å². The first-order valence-corrected chi connectivity index (χ1v) is 12.4. The molecular weight excluding hydrogens is 433 g/mol. The van der Waals surface area contributed by atoms with Gasteiger partial charge in [0.1, 0.15) is 0 Å². The molecule has 0 saturated heterocycles. The third kappa shape index (κ3) is 6.61. The van der Waals surface area contributed by atoms with Crippen molar-refractivity contribution < 1.29 is 14.1 Å². The van der Waals surface area contributed by atoms with Crippen LogP contribution in [-0.4, -0.2) is 39.5 Å². The van der Waals surface area contributed by atoms with E-state index >= 15 is 0 Å². The van der Waals surface area contributed by atoms with E-state index < -0.39 is 8.32 Å². The van der Waals surface area contributed by atoms with Crippen LogP contribution < -0.4 is 0 Å². The van der Waals surface area contributed by atoms with Crippen LogP contribution in [0.2, 0.25) is 18.1 Å². The minimum absolute atomic E-state index is 0.0786. The summed E-state index contributed by atoms with van der Waals surface area (Å²) < 4.78 is 8.65. The number of rotatable bonds is 7. The smallest absolute Gasteiger partial charge is 0.251 e. The van der Waals surface area contributed by atoms with E-state index in [9.17, 15) is 4.79 Å². The van der Waals surface area contributed by atoms with Gasteiger partial charge in [0, 0.05) is 7.05 Å². The molecule has 6 heteroatoms. The fraction of sp³-hybridized carbons (Fsp3) is 0.722. The van der Waals surface area contributed by atoms with Gasteiger partial charge in [0.25, 0.3) is 5.91 Å². The molecule has 0 aromatic rings. The lowest BCUT2D eigenvalue weighted by Gasteiger charge is -2.41. The van der Waals surface area contributed by atoms with Crippen LogP contribution in [0.5, 0.6) is 0 Å². The molecule has 0 aromatic carbocycles. The Labute approximate surface area is 162 Å². The Morgan fingerprint density at radius 1 is 1.25 bits per heavy atom. The van der Waals surface area contributed by atoms with Gasteiger partial charge in [0.05, 0.1) is 19.1 Å². The van der Waals surface area contributed by atoms with Crippen LogP contribution in [0.25, 0.3) is 0 Å². The number of hydrogen-bond acceptors (Lipinski definition) is 3. The Morgan fingerprint density at radius 3 is 2.12 bits per heavy atom. The minimum atomic E-state index is -2.02. The summed E-state index contributed by atoms with van der Waals surface area (Å²) in [6, 6.07) is 0. The number of allylic oxidation sites excluding steroid dienone is 2. The third-order valence-corrected chi connectivity index (χ3v) is 10.2. The number of nitrogens with zero attached hydrogens (tertiary/aromatic N) is 1. The second-order valence-corrected chi connectivity index (χ2v) is 13.2. The van der Waals surface area contributed by atoms with Crippen molar-refractivity contribution in [2.75, 3.05) is 14.2 Å². The van der Waals surface area contributed by atoms with E-state index in [-0.39, 0.29) is 23.0 Å². The fourth-order valence-electron chi connectivity index (χ4n) is 2.06. The van der Waals surface area contributed by atoms with Crippen LogP contribution in [0.4, 0.5) is 0 Å². The Bertz CT molecular complexity index is 495. The third-order valence-electron chi connectivity index (χ3n) is 4.73. The van der Waals surface area contributed by atoms with Crippen molar-refractivity contribution >= 4 is 36.8 Å². The first-order valence-electron chi connectivity index (χ1n) is 8.23. The number of carbonyl (C=O) groups excluding carboxylic acids is 1. The van der Waals surface area contributed by atoms with Crippen molar-refractivity contribution in [2.45, 2.75) is 65.8 Å². The molecule has 4 nitrogen and oxygen atoms in total. The molecule has 0 rings (SSSR count). The zero-order valence-electron chi connectivity index (χ0n) is 16.9. The number of amides is 1. The van der Waals surface area contributed by atoms with Gasteiger partial charge >= 0.3 is 0 Å². The topological polar surface area (TPSA) is 38.8 Å². The molecule has 0 heterocycles. The van der Waals surface area contributed by atoms with Crippen LogP contribution in [-0.2, 0) is 14.1 Å². The summed E-state index contributed by atoms with van der Waals surface area (Å²) >= 11 is 2.22. The van der Waals surface area contributed by atoms with Crippen molar-refractivity contribution in [2.24, 2.45) is 5.92 Å². The lowest BCUT2D eigenvalue weighted by atomic mass is 9.96. The molecule has 0 aliphatic carbocycles. The predicted molar refractivity (Wildman–Crippen MR) is 113 cm³/mol. The maximum Gasteiger partial charge on any atom is 0.251 e. The lowest BCUT2D eigenvalue weighted by molar-refractivity contribution is -0.175. The van der Waals surface area contributed by atoms with Crippen LogP contribution in [0, 0.1) is 5.92 Å². The Hall–Kier alpha value is -0.183. The first-order chi connectivity index (χ1) is 10.8. The SMILES string of the molecule is CON(C)C(=O)[C@H](C)[C@@H](O[Si](C)(C)C(C)(C)C)/C(C)=C/C(C)=C\I. The van der Waals surface area contributed by atoms with Crippen molar-refractivity contribution in [1.29, 1.82) is 0 Å². The Morgan fingerprint density at radius 2 is 1.75 bits per heavy atom. The van der Waals surface area contributed by atoms with Crippen molar-refractivity contribution in [3.8, 4) is 0 Å². The van der Waals surface area contributed by atoms with Crippen molar-refractivity contribution in [3.63, 3.8) is 0 Å². The highest BCUT2D eigenvalue weighted by molar-refractivity contribution is 14.1. The standard InChI is InChI=1S/C18H34INO3Si/c1-13(12-19)11-14(2)16(15(3)17(21)20(7)22-8)23-24(9,10)18(4,5)6/h11-12,15-16H,1-10H3/b13-12-,14-11+/t15-,16+/m1/s1. The molecule has 0 aromatic heterocycles. The molecule has 0 unspecified atom stereocenters. The van der Waals surface area contributed by atoms with E-state index in [1.54, 1.807) is 7.05 Å². The quantitative estimate of drug-likeness (QED) is 0.220. The molecule has 0 N–H and O–H groups in total. The molecular formula is C18H34INO3Si. The van der Waals surface area contributed by atoms with Crippen LogP contribution in [0.1, 0.15) is 41.5 Å². The average Bonchev–Trinajstić information content (AvgIpc) is 2.48. The maximum absolute atomic E-state index is 12.6. The van der Waals surface area contributed by atoms with Gasteiger partial charge in [-0.3, -0.25) is 9.63 Å². The summed E-state index contributed by atoms with van der Waals surface area (Å²) in [7, 11) is 1.12. The van der Waals surface area contributed by atoms with Crippen LogP contribution in [0.3, 0.4) is 0 Å². The highest BCUT2D eigenvalue weighted by atomic mass is 127. The van der Waals surface area contributed by atoms with Gasteiger partial charge in [-0.25, -0.2) is 5.06 Å². The van der Waals surface area contributed by atoms with Gasteiger partial charge in [-0.15, -0.1) is 0 Å². The normalized spacial score (nSPS) is 16.8. The Kier molecular flexibility index (Phi) is 9.42. The summed E-state index contributed by atoms with van der Waals surface area (Å²) in [4.78, 5) is 17.7. The summed E-state index contributed by atoms with van der Waals surface area (Å²) in [5, 5.41) is 1.36. The molecule has 0 bridgehead atoms. The Balaban J connectivity index is 5.78. The van der Waals surface area contributed by atoms with Gasteiger partial charge in [-0.1, -0.05) is 56.4 Å². The molecule has 1 amide bonds. The number of hydroxylamine groups is 2. The molecule has 0 aliphatic rings. The van der Waals surface area contributed by atoms with E-state index in [2.05, 4.69) is 62.5 Å². The summed E-state index contributed by atoms with van der Waals surface area (Å²) in [5.41, 5.74) is 2.22. The minimum Gasteiger partial charge on any atom is -0.409 e. The molecule has 0 aliphatic heterocycles. The summed E-state index contributed by atoms with van der Waals surface area (Å²) in [5.74, 6) is -0.396. The molecule has 0 fully saturated rings. The summed E-state index contributed by atoms with van der Waals surface area (Å²) in [6.07, 6.45) is 1.84. The number of hydrogen-bond donors (Lipinski definition) is 0. The molecule has 0 radical (unpaired) electrons. The molecule has 0 spiro atoms. The first kappa shape index (κ1) is 23.8. The largest absolute Gasteiger partial charge is 0.409 e. The van der Waals surface area contributed by atoms with E-state index in [1.807, 2.05) is 24.9 Å². The van der Waals surface area contributed by atoms with Crippen LogP contribution >= 0.6 is 22.6 Å². The maximum atomic E-state index is 12.6. The molecule has 140 valence electrons. The molecule has 0 saturated carbocycles. The molecule has 2 atom stereocenters. The van der Waals surface area contributed by atoms with E-state index in [0.29, 0.717) is 0 Å². The van der Waals surface area contributed by atoms with Gasteiger partial charge in [-0.2, -0.15) is 0 Å². The highest BCUT2D eigenvalue weighted by Gasteiger charge is 2.42. The lowest BCUT2D eigenvalue weighted by Crippen LogP contribution is -2.48. The predicted octanol–water partition coefficient (Wildman–Crippen LogP) is 5.32. The van der Waals surface area contributed by atoms with Gasteiger partial charge < -0.3 is 4.43 Å². The zero-order valence-corrected chi connectivity index (χ0v) is 20.0. The zero-order chi connectivity index (χ0) is 19.3. The van der Waals surface area contributed by atoms with Gasteiger partial charge in [0.15, 0.2) is 8.32 Å². The summed E-state index contributed by atoms with van der Waals surface area (Å²) in [6.45, 7) is 17.1. The van der Waals surface area contributed by atoms with Crippen molar-refractivity contribution in [3.05, 3.63) is 21.3 Å². The number of halogens is 1. The van der Waals surface area contributed by atoms with E-state index in [4.69, 9.17) is 9.26 Å².